The van der Waals surface area contributed by atoms with Crippen LogP contribution >= 0.6 is 0 Å². The molecule has 0 spiro atoms. The predicted octanol–water partition coefficient (Wildman–Crippen LogP) is 1.000. The Labute approximate surface area is 121 Å². The number of piperazine rings is 1. The number of rotatable bonds is 3. The van der Waals surface area contributed by atoms with Crippen LogP contribution in [0.25, 0.3) is 0 Å². The Morgan fingerprint density at radius 2 is 1.70 bits per heavy atom. The zero-order chi connectivity index (χ0) is 14.1. The molecule has 5 nitrogen and oxygen atoms in total. The minimum Gasteiger partial charge on any atom is -0.352 e. The zero-order valence-corrected chi connectivity index (χ0v) is 12.8. The van der Waals surface area contributed by atoms with Gasteiger partial charge in [0.25, 0.3) is 0 Å². The molecule has 2 saturated heterocycles. The van der Waals surface area contributed by atoms with Crippen molar-refractivity contribution in [2.75, 3.05) is 44.2 Å². The van der Waals surface area contributed by atoms with E-state index < -0.39 is 0 Å². The van der Waals surface area contributed by atoms with E-state index in [1.807, 2.05) is 6.92 Å². The third kappa shape index (κ3) is 2.65. The predicted molar refractivity (Wildman–Crippen MR) is 81.1 cm³/mol. The molecule has 0 saturated carbocycles. The van der Waals surface area contributed by atoms with E-state index in [2.05, 4.69) is 38.5 Å². The van der Waals surface area contributed by atoms with Gasteiger partial charge in [0.2, 0.25) is 0 Å². The van der Waals surface area contributed by atoms with Gasteiger partial charge in [-0.1, -0.05) is 0 Å². The van der Waals surface area contributed by atoms with Crippen LogP contribution in [-0.4, -0.2) is 71.1 Å². The van der Waals surface area contributed by atoms with Gasteiger partial charge in [-0.25, -0.2) is 4.98 Å². The molecule has 0 atom stereocenters. The van der Waals surface area contributed by atoms with E-state index in [4.69, 9.17) is 0 Å². The topological polar surface area (TPSA) is 35.5 Å². The van der Waals surface area contributed by atoms with Crippen molar-refractivity contribution in [3.63, 3.8) is 0 Å². The first-order valence-electron chi connectivity index (χ1n) is 7.66. The van der Waals surface area contributed by atoms with Crippen LogP contribution in [-0.2, 0) is 0 Å². The van der Waals surface area contributed by atoms with Gasteiger partial charge in [-0.05, 0) is 20.8 Å². The summed E-state index contributed by atoms with van der Waals surface area (Å²) < 4.78 is 0. The quantitative estimate of drug-likeness (QED) is 0.822. The summed E-state index contributed by atoms with van der Waals surface area (Å²) in [5.41, 5.74) is 1.04. The second kappa shape index (κ2) is 5.66. The van der Waals surface area contributed by atoms with Crippen LogP contribution in [0, 0.1) is 6.92 Å². The molecule has 0 radical (unpaired) electrons. The summed E-state index contributed by atoms with van der Waals surface area (Å²) in [5.74, 6) is 1.06. The fourth-order valence-corrected chi connectivity index (χ4v) is 3.19. The van der Waals surface area contributed by atoms with Crippen LogP contribution < -0.4 is 4.90 Å². The minimum absolute atomic E-state index is 0.678. The lowest BCUT2D eigenvalue weighted by atomic mass is 10.1. The Hall–Kier alpha value is -1.20. The van der Waals surface area contributed by atoms with Crippen molar-refractivity contribution in [2.45, 2.75) is 32.9 Å². The number of aryl methyl sites for hydroxylation is 1. The molecule has 3 heterocycles. The normalized spacial score (nSPS) is 22.3. The summed E-state index contributed by atoms with van der Waals surface area (Å²) in [4.78, 5) is 16.3. The minimum atomic E-state index is 0.678. The van der Waals surface area contributed by atoms with Gasteiger partial charge in [0.1, 0.15) is 5.82 Å². The fraction of sp³-hybridized carbons (Fsp3) is 0.733. The van der Waals surface area contributed by atoms with E-state index in [-0.39, 0.29) is 0 Å². The zero-order valence-electron chi connectivity index (χ0n) is 12.8. The molecular weight excluding hydrogens is 250 g/mol. The van der Waals surface area contributed by atoms with Crippen molar-refractivity contribution < 1.29 is 0 Å². The summed E-state index contributed by atoms with van der Waals surface area (Å²) in [6.07, 6.45) is 3.55. The Morgan fingerprint density at radius 3 is 2.30 bits per heavy atom. The van der Waals surface area contributed by atoms with Gasteiger partial charge < -0.3 is 4.90 Å². The van der Waals surface area contributed by atoms with Crippen LogP contribution in [0.5, 0.6) is 0 Å². The monoisotopic (exact) mass is 275 g/mol. The summed E-state index contributed by atoms with van der Waals surface area (Å²) in [5, 5.41) is 0. The van der Waals surface area contributed by atoms with Gasteiger partial charge >= 0.3 is 0 Å². The Bertz CT molecular complexity index is 447. The number of aromatic nitrogens is 2. The third-order valence-electron chi connectivity index (χ3n) is 4.61. The van der Waals surface area contributed by atoms with E-state index in [1.54, 1.807) is 12.4 Å². The van der Waals surface area contributed by atoms with E-state index in [1.165, 1.54) is 26.2 Å². The average Bonchev–Trinajstić information content (AvgIpc) is 2.40. The van der Waals surface area contributed by atoms with E-state index in [9.17, 15) is 0 Å². The molecule has 0 N–H and O–H groups in total. The van der Waals surface area contributed by atoms with Gasteiger partial charge in [0.15, 0.2) is 0 Å². The van der Waals surface area contributed by atoms with Crippen LogP contribution in [0.3, 0.4) is 0 Å². The van der Waals surface area contributed by atoms with Gasteiger partial charge in [-0.2, -0.15) is 0 Å². The van der Waals surface area contributed by atoms with E-state index in [0.29, 0.717) is 12.1 Å². The van der Waals surface area contributed by atoms with Crippen molar-refractivity contribution in [3.8, 4) is 0 Å². The Kier molecular flexibility index (Phi) is 3.89. The highest BCUT2D eigenvalue weighted by Gasteiger charge is 2.35. The molecule has 0 aliphatic carbocycles. The van der Waals surface area contributed by atoms with Gasteiger partial charge in [-0.3, -0.25) is 14.8 Å². The van der Waals surface area contributed by atoms with Crippen LogP contribution in [0.2, 0.25) is 0 Å². The number of hydrogen-bond acceptors (Lipinski definition) is 5. The number of nitrogens with zero attached hydrogens (tertiary/aromatic N) is 5. The first kappa shape index (κ1) is 13.8. The molecule has 0 unspecified atom stereocenters. The summed E-state index contributed by atoms with van der Waals surface area (Å²) in [6, 6.07) is 1.38. The van der Waals surface area contributed by atoms with Crippen LogP contribution in [0.15, 0.2) is 12.4 Å². The molecule has 3 rings (SSSR count). The molecule has 2 fully saturated rings. The Morgan fingerprint density at radius 1 is 1.05 bits per heavy atom. The highest BCUT2D eigenvalue weighted by atomic mass is 15.4. The summed E-state index contributed by atoms with van der Waals surface area (Å²) in [7, 11) is 0. The molecule has 1 aromatic heterocycles. The lowest BCUT2D eigenvalue weighted by molar-refractivity contribution is 0.0676. The van der Waals surface area contributed by atoms with E-state index >= 15 is 0 Å². The van der Waals surface area contributed by atoms with Gasteiger partial charge in [0, 0.05) is 63.7 Å². The maximum atomic E-state index is 4.45. The number of anilines is 1. The van der Waals surface area contributed by atoms with E-state index in [0.717, 1.165) is 24.6 Å². The lowest BCUT2D eigenvalue weighted by Crippen LogP contribution is -2.63. The van der Waals surface area contributed by atoms with Crippen molar-refractivity contribution in [2.24, 2.45) is 0 Å². The molecule has 1 aromatic rings. The molecule has 0 amide bonds. The fourth-order valence-electron chi connectivity index (χ4n) is 3.19. The summed E-state index contributed by atoms with van der Waals surface area (Å²) >= 11 is 0. The van der Waals surface area contributed by atoms with Gasteiger partial charge in [-0.15, -0.1) is 0 Å². The lowest BCUT2D eigenvalue weighted by Gasteiger charge is -2.49. The molecular formula is C15H25N5. The molecule has 2 aliphatic heterocycles. The van der Waals surface area contributed by atoms with Crippen molar-refractivity contribution >= 4 is 5.82 Å². The SMILES string of the molecule is Cc1nccnc1N1CC(N2CCN(C(C)C)CC2)C1. The highest BCUT2D eigenvalue weighted by Crippen LogP contribution is 2.24. The maximum Gasteiger partial charge on any atom is 0.150 e. The largest absolute Gasteiger partial charge is 0.352 e. The smallest absolute Gasteiger partial charge is 0.150 e. The second-order valence-corrected chi connectivity index (χ2v) is 6.19. The summed E-state index contributed by atoms with van der Waals surface area (Å²) in [6.45, 7) is 13.6. The average molecular weight is 275 g/mol. The van der Waals surface area contributed by atoms with Crippen molar-refractivity contribution in [3.05, 3.63) is 18.1 Å². The first-order chi connectivity index (χ1) is 9.65. The standard InChI is InChI=1S/C15H25N5/c1-12(2)18-6-8-19(9-7-18)14-10-20(11-14)15-13(3)16-4-5-17-15/h4-5,12,14H,6-11H2,1-3H3. The highest BCUT2D eigenvalue weighted by molar-refractivity contribution is 5.45. The molecule has 0 aromatic carbocycles. The molecule has 0 bridgehead atoms. The molecule has 5 heteroatoms. The van der Waals surface area contributed by atoms with Crippen molar-refractivity contribution in [1.29, 1.82) is 0 Å². The second-order valence-electron chi connectivity index (χ2n) is 6.19. The Balaban J connectivity index is 1.51. The number of hydrogen-bond donors (Lipinski definition) is 0. The maximum absolute atomic E-state index is 4.45. The first-order valence-corrected chi connectivity index (χ1v) is 7.66. The molecule has 2 aliphatic rings. The molecule has 20 heavy (non-hydrogen) atoms. The third-order valence-corrected chi connectivity index (χ3v) is 4.61. The van der Waals surface area contributed by atoms with Gasteiger partial charge in [0.05, 0.1) is 5.69 Å². The van der Waals surface area contributed by atoms with Crippen LogP contribution in [0.1, 0.15) is 19.5 Å². The molecule has 110 valence electrons. The van der Waals surface area contributed by atoms with Crippen molar-refractivity contribution in [1.82, 2.24) is 19.8 Å². The van der Waals surface area contributed by atoms with Crippen LogP contribution in [0.4, 0.5) is 5.82 Å².